The van der Waals surface area contributed by atoms with Crippen molar-refractivity contribution in [3.63, 3.8) is 0 Å². The first-order chi connectivity index (χ1) is 8.14. The summed E-state index contributed by atoms with van der Waals surface area (Å²) in [7, 11) is 0. The Labute approximate surface area is 112 Å². The molecule has 0 aromatic heterocycles. The summed E-state index contributed by atoms with van der Waals surface area (Å²) in [6, 6.07) is 0. The van der Waals surface area contributed by atoms with Crippen LogP contribution in [-0.2, 0) is 0 Å². The van der Waals surface area contributed by atoms with Gasteiger partial charge in [0.1, 0.15) is 0 Å². The van der Waals surface area contributed by atoms with E-state index in [4.69, 9.17) is 5.73 Å². The molecule has 0 bridgehead atoms. The van der Waals surface area contributed by atoms with Gasteiger partial charge in [-0.1, -0.05) is 27.7 Å². The third-order valence-electron chi connectivity index (χ3n) is 5.92. The summed E-state index contributed by atoms with van der Waals surface area (Å²) >= 11 is 0. The van der Waals surface area contributed by atoms with E-state index < -0.39 is 5.60 Å². The molecule has 0 aliphatic heterocycles. The fourth-order valence-electron chi connectivity index (χ4n) is 4.23. The van der Waals surface area contributed by atoms with Gasteiger partial charge in [0.05, 0.1) is 5.60 Å². The first kappa shape index (κ1) is 14.3. The van der Waals surface area contributed by atoms with Gasteiger partial charge in [0.25, 0.3) is 0 Å². The van der Waals surface area contributed by atoms with Crippen LogP contribution >= 0.6 is 0 Å². The van der Waals surface area contributed by atoms with Crippen molar-refractivity contribution in [3.05, 3.63) is 0 Å². The van der Waals surface area contributed by atoms with Crippen LogP contribution in [0.5, 0.6) is 0 Å². The number of hydrogen-bond donors (Lipinski definition) is 2. The van der Waals surface area contributed by atoms with Crippen LogP contribution in [0.4, 0.5) is 0 Å². The van der Waals surface area contributed by atoms with Crippen molar-refractivity contribution in [2.75, 3.05) is 6.54 Å². The maximum Gasteiger partial charge on any atom is 0.0721 e. The second kappa shape index (κ2) is 4.21. The number of rotatable bonds is 2. The maximum absolute atomic E-state index is 11.2. The molecule has 106 valence electrons. The van der Waals surface area contributed by atoms with Crippen LogP contribution in [0.1, 0.15) is 72.6 Å². The van der Waals surface area contributed by atoms with Crippen LogP contribution in [-0.4, -0.2) is 17.3 Å². The zero-order valence-corrected chi connectivity index (χ0v) is 12.7. The molecule has 2 heteroatoms. The normalized spacial score (nSPS) is 37.7. The van der Waals surface area contributed by atoms with Gasteiger partial charge in [0, 0.05) is 12.0 Å². The molecule has 0 heterocycles. The fraction of sp³-hybridized carbons (Fsp3) is 1.00. The van der Waals surface area contributed by atoms with E-state index in [1.165, 1.54) is 12.8 Å². The van der Waals surface area contributed by atoms with E-state index in [9.17, 15) is 5.11 Å². The molecule has 18 heavy (non-hydrogen) atoms. The van der Waals surface area contributed by atoms with Crippen LogP contribution in [0.25, 0.3) is 0 Å². The van der Waals surface area contributed by atoms with Gasteiger partial charge in [-0.15, -0.1) is 0 Å². The zero-order chi connectivity index (χ0) is 13.7. The van der Waals surface area contributed by atoms with Crippen LogP contribution in [0.15, 0.2) is 0 Å². The van der Waals surface area contributed by atoms with Crippen molar-refractivity contribution in [2.45, 2.75) is 78.2 Å². The molecule has 0 aromatic carbocycles. The minimum atomic E-state index is -0.512. The van der Waals surface area contributed by atoms with Crippen molar-refractivity contribution >= 4 is 0 Å². The highest BCUT2D eigenvalue weighted by molar-refractivity contribution is 5.08. The van der Waals surface area contributed by atoms with Gasteiger partial charge in [-0.25, -0.2) is 0 Å². The summed E-state index contributed by atoms with van der Waals surface area (Å²) in [5, 5.41) is 11.2. The van der Waals surface area contributed by atoms with Crippen molar-refractivity contribution in [1.82, 2.24) is 0 Å². The molecule has 0 radical (unpaired) electrons. The Morgan fingerprint density at radius 3 is 1.72 bits per heavy atom. The summed E-state index contributed by atoms with van der Waals surface area (Å²) < 4.78 is 0. The molecule has 2 nitrogen and oxygen atoms in total. The van der Waals surface area contributed by atoms with E-state index >= 15 is 0 Å². The van der Waals surface area contributed by atoms with Gasteiger partial charge in [-0.3, -0.25) is 0 Å². The van der Waals surface area contributed by atoms with Gasteiger partial charge in [-0.05, 0) is 55.8 Å². The Morgan fingerprint density at radius 2 is 1.33 bits per heavy atom. The summed E-state index contributed by atoms with van der Waals surface area (Å²) in [6.45, 7) is 9.89. The minimum absolute atomic E-state index is 0.0176. The smallest absolute Gasteiger partial charge is 0.0721 e. The Hall–Kier alpha value is -0.0800. The largest absolute Gasteiger partial charge is 0.389 e. The van der Waals surface area contributed by atoms with E-state index in [0.29, 0.717) is 12.0 Å². The van der Waals surface area contributed by atoms with Crippen molar-refractivity contribution < 1.29 is 5.11 Å². The lowest BCUT2D eigenvalue weighted by Crippen LogP contribution is -2.54. The number of hydrogen-bond acceptors (Lipinski definition) is 2. The third kappa shape index (κ3) is 2.34. The standard InChI is InChI=1S/C16H31NO/c1-13(2)5-8-15(12-17,9-6-13)16(18)10-7-14(3,4)11-16/h18H,5-12,17H2,1-4H3. The molecule has 1 unspecified atom stereocenters. The molecular weight excluding hydrogens is 222 g/mol. The zero-order valence-electron chi connectivity index (χ0n) is 12.7. The second-order valence-corrected chi connectivity index (χ2v) is 8.52. The summed E-state index contributed by atoms with van der Waals surface area (Å²) in [6.07, 6.45) is 7.61. The molecule has 2 rings (SSSR count). The Kier molecular flexibility index (Phi) is 3.35. The summed E-state index contributed by atoms with van der Waals surface area (Å²) in [4.78, 5) is 0. The quantitative estimate of drug-likeness (QED) is 0.791. The van der Waals surface area contributed by atoms with Gasteiger partial charge in [-0.2, -0.15) is 0 Å². The van der Waals surface area contributed by atoms with Crippen molar-refractivity contribution in [2.24, 2.45) is 22.0 Å². The Morgan fingerprint density at radius 1 is 0.833 bits per heavy atom. The van der Waals surface area contributed by atoms with Gasteiger partial charge >= 0.3 is 0 Å². The maximum atomic E-state index is 11.2. The van der Waals surface area contributed by atoms with E-state index in [2.05, 4.69) is 27.7 Å². The Bertz CT molecular complexity index is 311. The van der Waals surface area contributed by atoms with E-state index in [-0.39, 0.29) is 10.8 Å². The van der Waals surface area contributed by atoms with Crippen LogP contribution in [0.2, 0.25) is 0 Å². The highest BCUT2D eigenvalue weighted by atomic mass is 16.3. The molecule has 3 N–H and O–H groups in total. The Balaban J connectivity index is 2.19. The SMILES string of the molecule is CC1(C)CCC(CN)(C2(O)CCC(C)(C)C2)CC1. The average molecular weight is 253 g/mol. The van der Waals surface area contributed by atoms with E-state index in [0.717, 1.165) is 32.1 Å². The molecule has 2 aliphatic carbocycles. The predicted octanol–water partition coefficient (Wildman–Crippen LogP) is 3.47. The first-order valence-corrected chi connectivity index (χ1v) is 7.56. The molecule has 0 aromatic rings. The molecule has 1 atom stereocenters. The average Bonchev–Trinajstić information content (AvgIpc) is 2.55. The topological polar surface area (TPSA) is 46.2 Å². The van der Waals surface area contributed by atoms with Crippen LogP contribution in [0.3, 0.4) is 0 Å². The van der Waals surface area contributed by atoms with Crippen LogP contribution < -0.4 is 5.73 Å². The molecule has 0 amide bonds. The van der Waals surface area contributed by atoms with Gasteiger partial charge < -0.3 is 10.8 Å². The highest BCUT2D eigenvalue weighted by Crippen LogP contribution is 2.58. The van der Waals surface area contributed by atoms with E-state index in [1.54, 1.807) is 0 Å². The van der Waals surface area contributed by atoms with Crippen LogP contribution in [0, 0.1) is 16.2 Å². The van der Waals surface area contributed by atoms with E-state index in [1.807, 2.05) is 0 Å². The van der Waals surface area contributed by atoms with Crippen molar-refractivity contribution in [1.29, 1.82) is 0 Å². The lowest BCUT2D eigenvalue weighted by molar-refractivity contribution is -0.112. The molecule has 0 spiro atoms. The third-order valence-corrected chi connectivity index (χ3v) is 5.92. The summed E-state index contributed by atoms with van der Waals surface area (Å²) in [5.74, 6) is 0. The molecule has 2 aliphatic rings. The fourth-order valence-corrected chi connectivity index (χ4v) is 4.23. The number of nitrogens with two attached hydrogens (primary N) is 1. The predicted molar refractivity (Wildman–Crippen MR) is 76.3 cm³/mol. The molecule has 0 saturated heterocycles. The lowest BCUT2D eigenvalue weighted by atomic mass is 9.57. The number of aliphatic hydroxyl groups is 1. The molecule has 2 saturated carbocycles. The monoisotopic (exact) mass is 253 g/mol. The lowest BCUT2D eigenvalue weighted by Gasteiger charge is -2.51. The first-order valence-electron chi connectivity index (χ1n) is 7.56. The van der Waals surface area contributed by atoms with Gasteiger partial charge in [0.15, 0.2) is 0 Å². The highest BCUT2D eigenvalue weighted by Gasteiger charge is 2.56. The molecular formula is C16H31NO. The minimum Gasteiger partial charge on any atom is -0.389 e. The van der Waals surface area contributed by atoms with Crippen molar-refractivity contribution in [3.8, 4) is 0 Å². The van der Waals surface area contributed by atoms with Gasteiger partial charge in [0.2, 0.25) is 0 Å². The molecule has 2 fully saturated rings. The second-order valence-electron chi connectivity index (χ2n) is 8.52. The summed E-state index contributed by atoms with van der Waals surface area (Å²) in [5.41, 5.74) is 6.31.